The third-order valence-electron chi connectivity index (χ3n) is 2.43. The molecule has 0 aromatic carbocycles. The van der Waals surface area contributed by atoms with Crippen LogP contribution >= 0.6 is 11.3 Å². The second-order valence-electron chi connectivity index (χ2n) is 4.08. The molecule has 1 aromatic heterocycles. The molecule has 0 bridgehead atoms. The lowest BCUT2D eigenvalue weighted by Crippen LogP contribution is -2.32. The third kappa shape index (κ3) is 4.61. The fourth-order valence-corrected chi connectivity index (χ4v) is 2.12. The molecule has 1 aromatic rings. The Balaban J connectivity index is 2.59. The van der Waals surface area contributed by atoms with Crippen molar-refractivity contribution in [2.75, 3.05) is 12.4 Å². The predicted octanol–water partition coefficient (Wildman–Crippen LogP) is 3.08. The van der Waals surface area contributed by atoms with Crippen LogP contribution in [0.1, 0.15) is 24.1 Å². The van der Waals surface area contributed by atoms with Crippen LogP contribution in [-0.2, 0) is 20.2 Å². The average molecular weight is 346 g/mol. The summed E-state index contributed by atoms with van der Waals surface area (Å²) in [6, 6.07) is 0. The first-order chi connectivity index (χ1) is 10.1. The molecule has 11 heteroatoms. The van der Waals surface area contributed by atoms with Gasteiger partial charge in [-0.1, -0.05) is 11.3 Å². The second-order valence-corrected chi connectivity index (χ2v) is 5.11. The largest absolute Gasteiger partial charge is 0.469 e. The topological polar surface area (TPSA) is 68.3 Å². The number of halogens is 5. The second kappa shape index (κ2) is 6.99. The summed E-state index contributed by atoms with van der Waals surface area (Å²) in [5.41, 5.74) is 0. The molecule has 0 spiro atoms. The number of nitrogens with one attached hydrogen (secondary N) is 1. The van der Waals surface area contributed by atoms with Crippen LogP contribution in [0, 0.1) is 0 Å². The van der Waals surface area contributed by atoms with Gasteiger partial charge in [-0.15, -0.1) is 0 Å². The number of anilines is 1. The number of thiazole rings is 1. The van der Waals surface area contributed by atoms with Crippen LogP contribution in [0.3, 0.4) is 0 Å². The Bertz CT molecular complexity index is 544. The molecule has 0 fully saturated rings. The van der Waals surface area contributed by atoms with Gasteiger partial charge in [-0.05, 0) is 6.42 Å². The van der Waals surface area contributed by atoms with Crippen molar-refractivity contribution in [2.24, 2.45) is 0 Å². The maximum atomic E-state index is 13.0. The number of aromatic nitrogens is 1. The molecule has 1 amide bonds. The van der Waals surface area contributed by atoms with Crippen molar-refractivity contribution < 1.29 is 36.3 Å². The van der Waals surface area contributed by atoms with Gasteiger partial charge < -0.3 is 10.1 Å². The number of ether oxygens (including phenoxy) is 1. The summed E-state index contributed by atoms with van der Waals surface area (Å²) < 4.78 is 66.9. The Labute approximate surface area is 125 Å². The predicted molar refractivity (Wildman–Crippen MR) is 66.6 cm³/mol. The van der Waals surface area contributed by atoms with Crippen LogP contribution in [0.5, 0.6) is 0 Å². The minimum atomic E-state index is -5.73. The zero-order chi connectivity index (χ0) is 17.0. The summed E-state index contributed by atoms with van der Waals surface area (Å²) in [5.74, 6) is -6.20. The number of hydrogen-bond donors (Lipinski definition) is 1. The summed E-state index contributed by atoms with van der Waals surface area (Å²) >= 11 is 0.0346. The first kappa shape index (κ1) is 18.3. The van der Waals surface area contributed by atoms with E-state index in [9.17, 15) is 31.5 Å². The van der Waals surface area contributed by atoms with Crippen molar-refractivity contribution in [3.05, 3.63) is 11.1 Å². The van der Waals surface area contributed by atoms with Crippen molar-refractivity contribution in [2.45, 2.75) is 31.4 Å². The summed E-state index contributed by atoms with van der Waals surface area (Å²) in [6.07, 6.45) is -5.36. The average Bonchev–Trinajstić information content (AvgIpc) is 2.86. The van der Waals surface area contributed by atoms with Crippen molar-refractivity contribution in [1.29, 1.82) is 0 Å². The zero-order valence-corrected chi connectivity index (χ0v) is 12.0. The van der Waals surface area contributed by atoms with E-state index in [2.05, 4.69) is 15.0 Å². The Morgan fingerprint density at radius 2 is 1.91 bits per heavy atom. The molecular formula is C11H11F5N2O3S. The first-order valence-electron chi connectivity index (χ1n) is 5.85. The first-order valence-corrected chi connectivity index (χ1v) is 6.67. The minimum absolute atomic E-state index is 0.0147. The summed E-state index contributed by atoms with van der Waals surface area (Å²) in [6.45, 7) is 0. The molecule has 1 N–H and O–H groups in total. The third-order valence-corrected chi connectivity index (χ3v) is 3.41. The lowest BCUT2D eigenvalue weighted by atomic mass is 10.2. The number of alkyl halides is 5. The zero-order valence-electron chi connectivity index (χ0n) is 11.2. The van der Waals surface area contributed by atoms with Crippen molar-refractivity contribution >= 4 is 28.3 Å². The van der Waals surface area contributed by atoms with Gasteiger partial charge in [0.15, 0.2) is 5.13 Å². The van der Waals surface area contributed by atoms with E-state index in [0.717, 1.165) is 0 Å². The van der Waals surface area contributed by atoms with E-state index in [1.54, 1.807) is 0 Å². The van der Waals surface area contributed by atoms with E-state index < -0.39 is 28.9 Å². The van der Waals surface area contributed by atoms with Crippen LogP contribution in [0.4, 0.5) is 27.1 Å². The Morgan fingerprint density at radius 3 is 2.45 bits per heavy atom. The van der Waals surface area contributed by atoms with Crippen molar-refractivity contribution in [3.63, 3.8) is 0 Å². The highest BCUT2D eigenvalue weighted by atomic mass is 32.1. The van der Waals surface area contributed by atoms with Gasteiger partial charge in [0, 0.05) is 19.0 Å². The monoisotopic (exact) mass is 346 g/mol. The lowest BCUT2D eigenvalue weighted by Gasteiger charge is -2.16. The van der Waals surface area contributed by atoms with Gasteiger partial charge in [0.2, 0.25) is 5.91 Å². The van der Waals surface area contributed by atoms with Crippen LogP contribution < -0.4 is 5.32 Å². The molecule has 0 aliphatic rings. The number of methoxy groups -OCH3 is 1. The van der Waals surface area contributed by atoms with Gasteiger partial charge in [0.05, 0.1) is 7.11 Å². The molecule has 1 heterocycles. The van der Waals surface area contributed by atoms with E-state index in [0.29, 0.717) is 6.20 Å². The quantitative estimate of drug-likeness (QED) is 0.635. The van der Waals surface area contributed by atoms with Gasteiger partial charge >= 0.3 is 18.1 Å². The molecule has 124 valence electrons. The van der Waals surface area contributed by atoms with Crippen LogP contribution in [0.15, 0.2) is 6.20 Å². The van der Waals surface area contributed by atoms with Crippen LogP contribution in [-0.4, -0.2) is 30.1 Å². The van der Waals surface area contributed by atoms with Gasteiger partial charge in [0.25, 0.3) is 0 Å². The standard InChI is InChI=1S/C11H11F5N2O3S/c1-21-8(20)4-2-3-7(19)18-9-17-5-6(22-9)10(12,13)11(14,15)16/h5H,2-4H2,1H3,(H,17,18,19). The lowest BCUT2D eigenvalue weighted by molar-refractivity contribution is -0.287. The molecule has 0 aliphatic carbocycles. The number of carbonyl (C=O) groups excluding carboxylic acids is 2. The van der Waals surface area contributed by atoms with Gasteiger partial charge in [-0.3, -0.25) is 9.59 Å². The van der Waals surface area contributed by atoms with E-state index >= 15 is 0 Å². The molecule has 1 rings (SSSR count). The highest BCUT2D eigenvalue weighted by Crippen LogP contribution is 2.46. The van der Waals surface area contributed by atoms with E-state index in [1.807, 2.05) is 0 Å². The molecule has 0 aliphatic heterocycles. The molecule has 22 heavy (non-hydrogen) atoms. The molecule has 0 saturated carbocycles. The number of rotatable bonds is 6. The molecule has 5 nitrogen and oxygen atoms in total. The fourth-order valence-electron chi connectivity index (χ4n) is 1.29. The normalized spacial score (nSPS) is 12.1. The summed E-state index contributed by atoms with van der Waals surface area (Å²) in [4.78, 5) is 24.2. The molecule has 0 atom stereocenters. The number of amides is 1. The number of esters is 1. The van der Waals surface area contributed by atoms with Crippen LogP contribution in [0.2, 0.25) is 0 Å². The fraction of sp³-hybridized carbons (Fsp3) is 0.545. The smallest absolute Gasteiger partial charge is 0.459 e. The Kier molecular flexibility index (Phi) is 5.80. The molecule has 0 saturated heterocycles. The van der Waals surface area contributed by atoms with Gasteiger partial charge in [-0.25, -0.2) is 4.98 Å². The maximum Gasteiger partial charge on any atom is 0.459 e. The van der Waals surface area contributed by atoms with Gasteiger partial charge in [0.1, 0.15) is 4.88 Å². The number of hydrogen-bond acceptors (Lipinski definition) is 5. The molecular weight excluding hydrogens is 335 g/mol. The SMILES string of the molecule is COC(=O)CCCC(=O)Nc1ncc(C(F)(F)C(F)(F)F)s1. The summed E-state index contributed by atoms with van der Waals surface area (Å²) in [7, 11) is 1.18. The number of carbonyl (C=O) groups is 2. The van der Waals surface area contributed by atoms with Crippen molar-refractivity contribution in [1.82, 2.24) is 4.98 Å². The van der Waals surface area contributed by atoms with E-state index in [1.165, 1.54) is 7.11 Å². The van der Waals surface area contributed by atoms with Crippen LogP contribution in [0.25, 0.3) is 0 Å². The molecule has 0 radical (unpaired) electrons. The maximum absolute atomic E-state index is 13.0. The van der Waals surface area contributed by atoms with E-state index in [-0.39, 0.29) is 35.7 Å². The van der Waals surface area contributed by atoms with Crippen molar-refractivity contribution in [3.8, 4) is 0 Å². The highest BCUT2D eigenvalue weighted by molar-refractivity contribution is 7.15. The number of nitrogens with zero attached hydrogens (tertiary/aromatic N) is 1. The van der Waals surface area contributed by atoms with E-state index in [4.69, 9.17) is 0 Å². The Morgan fingerprint density at radius 1 is 1.27 bits per heavy atom. The highest BCUT2D eigenvalue weighted by Gasteiger charge is 2.60. The minimum Gasteiger partial charge on any atom is -0.469 e. The van der Waals surface area contributed by atoms with Gasteiger partial charge in [-0.2, -0.15) is 22.0 Å². The molecule has 0 unspecified atom stereocenters. The Hall–Kier alpha value is -1.78. The summed E-state index contributed by atoms with van der Waals surface area (Å²) in [5, 5.41) is 1.72.